The second kappa shape index (κ2) is 12.5. The van der Waals surface area contributed by atoms with E-state index < -0.39 is 0 Å². The summed E-state index contributed by atoms with van der Waals surface area (Å²) in [6.45, 7) is 0. The van der Waals surface area contributed by atoms with Crippen LogP contribution in [-0.4, -0.2) is 9.97 Å². The standard InChI is InChI=1S/C50H32N2/c1-3-13-33(14-4-1)38-25-26-46-48(32-38)51-50(52-49(46)35-16-5-2-6-17-35)42-29-40(37-24-23-34-15-7-8-18-36(34)27-37)28-41(30-42)47-31-39-19-9-10-20-43(39)44-21-11-12-22-45(44)47/h1-32H. The SMILES string of the molecule is c1ccc(-c2ccc3c(-c4ccccc4)nc(-c4cc(-c5ccc6ccccc6c5)cc(-c5cc6ccccc6c6ccccc56)c4)nc3c2)cc1. The Balaban J connectivity index is 1.26. The fraction of sp³-hybridized carbons (Fsp3) is 0. The molecule has 0 saturated carbocycles. The van der Waals surface area contributed by atoms with E-state index in [1.807, 2.05) is 0 Å². The molecule has 1 aromatic heterocycles. The first-order valence-corrected chi connectivity index (χ1v) is 17.7. The Hall–Kier alpha value is -6.90. The number of rotatable bonds is 5. The van der Waals surface area contributed by atoms with Crippen LogP contribution < -0.4 is 0 Å². The van der Waals surface area contributed by atoms with Crippen LogP contribution in [0.4, 0.5) is 0 Å². The van der Waals surface area contributed by atoms with Gasteiger partial charge < -0.3 is 0 Å². The summed E-state index contributed by atoms with van der Waals surface area (Å²) in [6.07, 6.45) is 0. The van der Waals surface area contributed by atoms with Gasteiger partial charge in [0.15, 0.2) is 5.82 Å². The van der Waals surface area contributed by atoms with Gasteiger partial charge in [0, 0.05) is 16.5 Å². The number of benzene rings is 9. The zero-order valence-electron chi connectivity index (χ0n) is 28.4. The molecule has 0 amide bonds. The van der Waals surface area contributed by atoms with Gasteiger partial charge in [-0.05, 0) is 108 Å². The first-order chi connectivity index (χ1) is 25.7. The van der Waals surface area contributed by atoms with Gasteiger partial charge in [-0.3, -0.25) is 0 Å². The summed E-state index contributed by atoms with van der Waals surface area (Å²) < 4.78 is 0. The maximum atomic E-state index is 5.36. The van der Waals surface area contributed by atoms with Crippen molar-refractivity contribution >= 4 is 43.2 Å². The van der Waals surface area contributed by atoms with Gasteiger partial charge in [-0.15, -0.1) is 0 Å². The molecule has 0 aliphatic rings. The van der Waals surface area contributed by atoms with E-state index in [-0.39, 0.29) is 0 Å². The van der Waals surface area contributed by atoms with Gasteiger partial charge in [0.1, 0.15) is 0 Å². The van der Waals surface area contributed by atoms with Crippen molar-refractivity contribution in [3.8, 4) is 56.0 Å². The smallest absolute Gasteiger partial charge is 0.160 e. The maximum absolute atomic E-state index is 5.36. The third-order valence-electron chi connectivity index (χ3n) is 10.2. The van der Waals surface area contributed by atoms with Crippen molar-refractivity contribution < 1.29 is 0 Å². The Bertz CT molecular complexity index is 2950. The van der Waals surface area contributed by atoms with Crippen LogP contribution in [-0.2, 0) is 0 Å². The van der Waals surface area contributed by atoms with Crippen LogP contribution in [0.5, 0.6) is 0 Å². The third-order valence-corrected chi connectivity index (χ3v) is 10.2. The molecule has 52 heavy (non-hydrogen) atoms. The van der Waals surface area contributed by atoms with Crippen molar-refractivity contribution in [2.75, 3.05) is 0 Å². The third kappa shape index (κ3) is 5.30. The van der Waals surface area contributed by atoms with Crippen molar-refractivity contribution in [1.82, 2.24) is 9.97 Å². The van der Waals surface area contributed by atoms with Crippen LogP contribution in [0, 0.1) is 0 Å². The number of fused-ring (bicyclic) bond motifs is 5. The number of aromatic nitrogens is 2. The van der Waals surface area contributed by atoms with Crippen molar-refractivity contribution in [3.63, 3.8) is 0 Å². The molecule has 0 radical (unpaired) electrons. The zero-order chi connectivity index (χ0) is 34.4. The van der Waals surface area contributed by atoms with E-state index in [0.717, 1.165) is 55.5 Å². The van der Waals surface area contributed by atoms with E-state index in [4.69, 9.17) is 9.97 Å². The minimum Gasteiger partial charge on any atom is -0.228 e. The molecule has 9 aromatic carbocycles. The molecule has 0 fully saturated rings. The molecule has 1 heterocycles. The average molecular weight is 661 g/mol. The Kier molecular flexibility index (Phi) is 7.18. The summed E-state index contributed by atoms with van der Waals surface area (Å²) in [5.41, 5.74) is 10.8. The molecule has 0 aliphatic carbocycles. The summed E-state index contributed by atoms with van der Waals surface area (Å²) in [4.78, 5) is 10.7. The quantitative estimate of drug-likeness (QED) is 0.172. The molecule has 0 bridgehead atoms. The highest BCUT2D eigenvalue weighted by molar-refractivity contribution is 6.14. The molecule has 10 rings (SSSR count). The zero-order valence-corrected chi connectivity index (χ0v) is 28.4. The second-order valence-electron chi connectivity index (χ2n) is 13.4. The van der Waals surface area contributed by atoms with E-state index in [9.17, 15) is 0 Å². The summed E-state index contributed by atoms with van der Waals surface area (Å²) in [6, 6.07) is 69.4. The number of nitrogens with zero attached hydrogens (tertiary/aromatic N) is 2. The van der Waals surface area contributed by atoms with Crippen molar-refractivity contribution in [2.24, 2.45) is 0 Å². The normalized spacial score (nSPS) is 11.5. The maximum Gasteiger partial charge on any atom is 0.160 e. The van der Waals surface area contributed by atoms with E-state index in [0.29, 0.717) is 5.82 Å². The van der Waals surface area contributed by atoms with Crippen LogP contribution in [0.15, 0.2) is 194 Å². The molecule has 0 atom stereocenters. The van der Waals surface area contributed by atoms with Crippen molar-refractivity contribution in [3.05, 3.63) is 194 Å². The van der Waals surface area contributed by atoms with E-state index in [1.165, 1.54) is 37.9 Å². The van der Waals surface area contributed by atoms with Crippen LogP contribution in [0.1, 0.15) is 0 Å². The van der Waals surface area contributed by atoms with Gasteiger partial charge in [0.05, 0.1) is 11.2 Å². The Morgan fingerprint density at radius 1 is 0.269 bits per heavy atom. The molecular weight excluding hydrogens is 629 g/mol. The van der Waals surface area contributed by atoms with Crippen LogP contribution >= 0.6 is 0 Å². The van der Waals surface area contributed by atoms with Crippen LogP contribution in [0.3, 0.4) is 0 Å². The van der Waals surface area contributed by atoms with E-state index >= 15 is 0 Å². The topological polar surface area (TPSA) is 25.8 Å². The van der Waals surface area contributed by atoms with Gasteiger partial charge in [0.25, 0.3) is 0 Å². The Morgan fingerprint density at radius 3 is 1.67 bits per heavy atom. The lowest BCUT2D eigenvalue weighted by Crippen LogP contribution is -1.97. The Morgan fingerprint density at radius 2 is 0.865 bits per heavy atom. The summed E-state index contributed by atoms with van der Waals surface area (Å²) in [7, 11) is 0. The van der Waals surface area contributed by atoms with Crippen LogP contribution in [0.2, 0.25) is 0 Å². The molecule has 0 spiro atoms. The van der Waals surface area contributed by atoms with Crippen LogP contribution in [0.25, 0.3) is 99.2 Å². The minimum absolute atomic E-state index is 0.700. The van der Waals surface area contributed by atoms with Gasteiger partial charge in [0.2, 0.25) is 0 Å². The minimum atomic E-state index is 0.700. The lowest BCUT2D eigenvalue weighted by Gasteiger charge is -2.16. The molecule has 0 aliphatic heterocycles. The highest BCUT2D eigenvalue weighted by Crippen LogP contribution is 2.40. The molecule has 0 N–H and O–H groups in total. The fourth-order valence-corrected chi connectivity index (χ4v) is 7.63. The predicted molar refractivity (Wildman–Crippen MR) is 219 cm³/mol. The van der Waals surface area contributed by atoms with Gasteiger partial charge in [-0.2, -0.15) is 0 Å². The fourth-order valence-electron chi connectivity index (χ4n) is 7.63. The highest BCUT2D eigenvalue weighted by atomic mass is 14.9. The van der Waals surface area contributed by atoms with Gasteiger partial charge >= 0.3 is 0 Å². The average Bonchev–Trinajstić information content (AvgIpc) is 3.23. The first kappa shape index (κ1) is 30.0. The van der Waals surface area contributed by atoms with Gasteiger partial charge in [-0.1, -0.05) is 152 Å². The first-order valence-electron chi connectivity index (χ1n) is 17.7. The second-order valence-corrected chi connectivity index (χ2v) is 13.4. The van der Waals surface area contributed by atoms with Crippen molar-refractivity contribution in [2.45, 2.75) is 0 Å². The molecule has 0 saturated heterocycles. The highest BCUT2D eigenvalue weighted by Gasteiger charge is 2.17. The summed E-state index contributed by atoms with van der Waals surface area (Å²) in [5, 5.41) is 8.41. The molecular formula is C50H32N2. The summed E-state index contributed by atoms with van der Waals surface area (Å²) in [5.74, 6) is 0.700. The largest absolute Gasteiger partial charge is 0.228 e. The monoisotopic (exact) mass is 660 g/mol. The number of hydrogen-bond donors (Lipinski definition) is 0. The van der Waals surface area contributed by atoms with E-state index in [1.54, 1.807) is 0 Å². The lowest BCUT2D eigenvalue weighted by molar-refractivity contribution is 1.23. The number of hydrogen-bond acceptors (Lipinski definition) is 2. The molecule has 2 heteroatoms. The Labute approximate surface area is 302 Å². The molecule has 0 unspecified atom stereocenters. The molecule has 242 valence electrons. The van der Waals surface area contributed by atoms with Crippen molar-refractivity contribution in [1.29, 1.82) is 0 Å². The van der Waals surface area contributed by atoms with Gasteiger partial charge in [-0.25, -0.2) is 9.97 Å². The van der Waals surface area contributed by atoms with E-state index in [2.05, 4.69) is 194 Å². The summed E-state index contributed by atoms with van der Waals surface area (Å²) >= 11 is 0. The predicted octanol–water partition coefficient (Wildman–Crippen LogP) is 13.4. The molecule has 10 aromatic rings. The lowest BCUT2D eigenvalue weighted by atomic mass is 9.90. The molecule has 2 nitrogen and oxygen atoms in total.